The summed E-state index contributed by atoms with van der Waals surface area (Å²) in [4.78, 5) is 13.9. The molecule has 0 saturated heterocycles. The number of carbonyl (C=O) groups is 1. The van der Waals surface area contributed by atoms with Crippen LogP contribution in [0.5, 0.6) is 5.75 Å². The highest BCUT2D eigenvalue weighted by Gasteiger charge is 2.21. The van der Waals surface area contributed by atoms with Gasteiger partial charge in [-0.05, 0) is 42.8 Å². The Balaban J connectivity index is 1.79. The standard InChI is InChI=1S/C22H20O3S/c1-16-11-13-18(14-12-16)25-20(22(23)24)15-17-7-5-6-10-21(17)26-19-8-3-2-4-9-19/h2-14,20H,15H2,1H3,(H,23,24)/t20-/m0/s1. The van der Waals surface area contributed by atoms with Gasteiger partial charge in [-0.25, -0.2) is 4.79 Å². The number of ether oxygens (including phenoxy) is 1. The minimum absolute atomic E-state index is 0.305. The Hall–Kier alpha value is -2.72. The van der Waals surface area contributed by atoms with Gasteiger partial charge in [0.1, 0.15) is 5.75 Å². The van der Waals surface area contributed by atoms with E-state index in [0.29, 0.717) is 12.2 Å². The maximum absolute atomic E-state index is 11.7. The lowest BCUT2D eigenvalue weighted by Crippen LogP contribution is -2.29. The molecule has 0 bridgehead atoms. The van der Waals surface area contributed by atoms with Gasteiger partial charge in [0.2, 0.25) is 0 Å². The van der Waals surface area contributed by atoms with Gasteiger partial charge in [0, 0.05) is 16.2 Å². The Kier molecular flexibility index (Phi) is 5.97. The van der Waals surface area contributed by atoms with E-state index in [-0.39, 0.29) is 0 Å². The van der Waals surface area contributed by atoms with E-state index in [1.165, 1.54) is 0 Å². The van der Waals surface area contributed by atoms with Gasteiger partial charge in [-0.1, -0.05) is 65.9 Å². The maximum atomic E-state index is 11.7. The van der Waals surface area contributed by atoms with E-state index in [1.807, 2.05) is 73.7 Å². The topological polar surface area (TPSA) is 46.5 Å². The monoisotopic (exact) mass is 364 g/mol. The number of hydrogen-bond acceptors (Lipinski definition) is 3. The number of rotatable bonds is 7. The van der Waals surface area contributed by atoms with Crippen molar-refractivity contribution in [2.75, 3.05) is 0 Å². The molecule has 3 aromatic carbocycles. The van der Waals surface area contributed by atoms with Crippen LogP contribution in [0, 0.1) is 6.92 Å². The van der Waals surface area contributed by atoms with Crippen molar-refractivity contribution in [2.24, 2.45) is 0 Å². The number of aryl methyl sites for hydroxylation is 1. The first-order valence-corrected chi connectivity index (χ1v) is 9.20. The summed E-state index contributed by atoms with van der Waals surface area (Å²) < 4.78 is 5.73. The molecular formula is C22H20O3S. The molecule has 26 heavy (non-hydrogen) atoms. The Morgan fingerprint density at radius 2 is 1.62 bits per heavy atom. The summed E-state index contributed by atoms with van der Waals surface area (Å²) in [6.45, 7) is 1.98. The highest BCUT2D eigenvalue weighted by Crippen LogP contribution is 2.31. The van der Waals surface area contributed by atoms with E-state index in [9.17, 15) is 9.90 Å². The molecule has 3 rings (SSSR count). The van der Waals surface area contributed by atoms with Gasteiger partial charge in [0.15, 0.2) is 6.10 Å². The molecule has 3 aromatic rings. The predicted molar refractivity (Wildman–Crippen MR) is 104 cm³/mol. The molecule has 0 aromatic heterocycles. The Morgan fingerprint density at radius 1 is 0.962 bits per heavy atom. The summed E-state index contributed by atoms with van der Waals surface area (Å²) in [5.74, 6) is -0.402. The van der Waals surface area contributed by atoms with Crippen LogP contribution in [0.3, 0.4) is 0 Å². The molecule has 0 spiro atoms. The molecule has 0 aliphatic rings. The van der Waals surface area contributed by atoms with Gasteiger partial charge in [0.25, 0.3) is 0 Å². The fourth-order valence-corrected chi connectivity index (χ4v) is 3.52. The molecule has 0 saturated carbocycles. The normalized spacial score (nSPS) is 11.7. The second kappa shape index (κ2) is 8.59. The van der Waals surface area contributed by atoms with E-state index in [4.69, 9.17) is 4.74 Å². The molecule has 1 N–H and O–H groups in total. The molecule has 0 aliphatic heterocycles. The van der Waals surface area contributed by atoms with Crippen molar-refractivity contribution in [3.63, 3.8) is 0 Å². The van der Waals surface area contributed by atoms with Gasteiger partial charge in [-0.2, -0.15) is 0 Å². The summed E-state index contributed by atoms with van der Waals surface area (Å²) in [5, 5.41) is 9.60. The number of carboxylic acid groups (broad SMARTS) is 1. The third-order valence-electron chi connectivity index (χ3n) is 3.92. The first-order chi connectivity index (χ1) is 12.6. The van der Waals surface area contributed by atoms with E-state index in [1.54, 1.807) is 23.9 Å². The first kappa shape index (κ1) is 18.1. The van der Waals surface area contributed by atoms with Gasteiger partial charge in [-0.3, -0.25) is 0 Å². The van der Waals surface area contributed by atoms with Crippen LogP contribution in [0.25, 0.3) is 0 Å². The summed E-state index contributed by atoms with van der Waals surface area (Å²) in [5.41, 5.74) is 2.06. The van der Waals surface area contributed by atoms with Crippen LogP contribution >= 0.6 is 11.8 Å². The lowest BCUT2D eigenvalue weighted by atomic mass is 10.1. The summed E-state index contributed by atoms with van der Waals surface area (Å²) in [6, 6.07) is 25.3. The van der Waals surface area contributed by atoms with E-state index in [2.05, 4.69) is 0 Å². The molecular weight excluding hydrogens is 344 g/mol. The Labute approximate surface area is 157 Å². The van der Waals surface area contributed by atoms with Crippen LogP contribution in [0.2, 0.25) is 0 Å². The van der Waals surface area contributed by atoms with Crippen molar-refractivity contribution in [1.82, 2.24) is 0 Å². The fourth-order valence-electron chi connectivity index (χ4n) is 2.55. The van der Waals surface area contributed by atoms with Crippen molar-refractivity contribution in [3.8, 4) is 5.75 Å². The molecule has 0 aliphatic carbocycles. The molecule has 132 valence electrons. The minimum Gasteiger partial charge on any atom is -0.478 e. The molecule has 0 amide bonds. The second-order valence-electron chi connectivity index (χ2n) is 5.98. The van der Waals surface area contributed by atoms with E-state index in [0.717, 1.165) is 20.9 Å². The predicted octanol–water partition coefficient (Wildman–Crippen LogP) is 5.22. The van der Waals surface area contributed by atoms with Crippen molar-refractivity contribution < 1.29 is 14.6 Å². The largest absolute Gasteiger partial charge is 0.478 e. The fraction of sp³-hybridized carbons (Fsp3) is 0.136. The number of benzene rings is 3. The molecule has 0 radical (unpaired) electrons. The molecule has 0 unspecified atom stereocenters. The average Bonchev–Trinajstić information content (AvgIpc) is 2.65. The van der Waals surface area contributed by atoms with Crippen LogP contribution in [-0.4, -0.2) is 17.2 Å². The summed E-state index contributed by atoms with van der Waals surface area (Å²) >= 11 is 1.63. The quantitative estimate of drug-likeness (QED) is 0.624. The number of aliphatic carboxylic acids is 1. The van der Waals surface area contributed by atoms with Crippen molar-refractivity contribution in [1.29, 1.82) is 0 Å². The number of hydrogen-bond donors (Lipinski definition) is 1. The maximum Gasteiger partial charge on any atom is 0.345 e. The summed E-state index contributed by atoms with van der Waals surface area (Å²) in [6.07, 6.45) is -0.630. The van der Waals surface area contributed by atoms with Crippen LogP contribution in [-0.2, 0) is 11.2 Å². The Morgan fingerprint density at radius 3 is 2.31 bits per heavy atom. The molecule has 1 atom stereocenters. The summed E-state index contributed by atoms with van der Waals surface area (Å²) in [7, 11) is 0. The molecule has 4 heteroatoms. The smallest absolute Gasteiger partial charge is 0.345 e. The van der Waals surface area contributed by atoms with Crippen molar-refractivity contribution in [3.05, 3.63) is 90.0 Å². The lowest BCUT2D eigenvalue weighted by Gasteiger charge is -2.17. The zero-order valence-electron chi connectivity index (χ0n) is 14.5. The van der Waals surface area contributed by atoms with Crippen LogP contribution < -0.4 is 4.74 Å². The van der Waals surface area contributed by atoms with Crippen LogP contribution in [0.1, 0.15) is 11.1 Å². The zero-order valence-corrected chi connectivity index (χ0v) is 15.3. The van der Waals surface area contributed by atoms with Gasteiger partial charge in [-0.15, -0.1) is 0 Å². The van der Waals surface area contributed by atoms with Crippen molar-refractivity contribution >= 4 is 17.7 Å². The van der Waals surface area contributed by atoms with Crippen LogP contribution in [0.15, 0.2) is 88.7 Å². The van der Waals surface area contributed by atoms with E-state index < -0.39 is 12.1 Å². The van der Waals surface area contributed by atoms with Gasteiger partial charge in [0.05, 0.1) is 0 Å². The zero-order chi connectivity index (χ0) is 18.4. The van der Waals surface area contributed by atoms with Crippen LogP contribution in [0.4, 0.5) is 0 Å². The Bertz CT molecular complexity index is 860. The molecule has 0 fully saturated rings. The average molecular weight is 364 g/mol. The molecule has 3 nitrogen and oxygen atoms in total. The third-order valence-corrected chi connectivity index (χ3v) is 5.05. The SMILES string of the molecule is Cc1ccc(O[C@@H](Cc2ccccc2Sc2ccccc2)C(=O)O)cc1. The third kappa shape index (κ3) is 4.90. The molecule has 0 heterocycles. The number of carboxylic acids is 1. The highest BCUT2D eigenvalue weighted by atomic mass is 32.2. The van der Waals surface area contributed by atoms with Gasteiger partial charge >= 0.3 is 5.97 Å². The van der Waals surface area contributed by atoms with E-state index >= 15 is 0 Å². The second-order valence-corrected chi connectivity index (χ2v) is 7.10. The minimum atomic E-state index is -0.968. The lowest BCUT2D eigenvalue weighted by molar-refractivity contribution is -0.145. The van der Waals surface area contributed by atoms with Gasteiger partial charge < -0.3 is 9.84 Å². The van der Waals surface area contributed by atoms with Crippen molar-refractivity contribution in [2.45, 2.75) is 29.2 Å². The highest BCUT2D eigenvalue weighted by molar-refractivity contribution is 7.99. The first-order valence-electron chi connectivity index (χ1n) is 8.39.